The Bertz CT molecular complexity index is 778. The van der Waals surface area contributed by atoms with Crippen LogP contribution in [0.2, 0.25) is 0 Å². The maximum absolute atomic E-state index is 13.2. The van der Waals surface area contributed by atoms with Gasteiger partial charge < -0.3 is 4.90 Å². The van der Waals surface area contributed by atoms with Crippen molar-refractivity contribution in [2.24, 2.45) is 0 Å². The minimum absolute atomic E-state index is 0.0324. The first-order valence-corrected chi connectivity index (χ1v) is 8.32. The lowest BCUT2D eigenvalue weighted by Crippen LogP contribution is -2.23. The summed E-state index contributed by atoms with van der Waals surface area (Å²) in [5, 5.41) is 11.3. The van der Waals surface area contributed by atoms with Crippen molar-refractivity contribution in [1.82, 2.24) is 0 Å². The summed E-state index contributed by atoms with van der Waals surface area (Å²) < 4.78 is 40.1. The fraction of sp³-hybridized carbons (Fsp3) is 0.417. The van der Waals surface area contributed by atoms with E-state index in [-0.39, 0.29) is 15.1 Å². The van der Waals surface area contributed by atoms with Crippen LogP contribution in [0.4, 0.5) is 24.5 Å². The molecular formula is C12H11F3N2O2S3. The summed E-state index contributed by atoms with van der Waals surface area (Å²) in [5.41, 5.74) is -1.31. The molecule has 0 aliphatic heterocycles. The highest BCUT2D eigenvalue weighted by atomic mass is 32.2. The number of halogens is 3. The van der Waals surface area contributed by atoms with Crippen molar-refractivity contribution in [3.05, 3.63) is 24.9 Å². The summed E-state index contributed by atoms with van der Waals surface area (Å²) in [6.07, 6.45) is -4.66. The van der Waals surface area contributed by atoms with Crippen molar-refractivity contribution < 1.29 is 18.1 Å². The van der Waals surface area contributed by atoms with Crippen LogP contribution in [0.5, 0.6) is 0 Å². The standard InChI is InChI=1S/C12H11F3N2O2S3/c1-3-16(4-2)8-7(17(18)19)5-6(12(13,14)15)9-10(8)22-11(20)21-9/h5H,3-4H2,1-2H3. The maximum Gasteiger partial charge on any atom is 0.418 e. The maximum atomic E-state index is 13.2. The van der Waals surface area contributed by atoms with Crippen LogP contribution in [-0.2, 0) is 6.18 Å². The summed E-state index contributed by atoms with van der Waals surface area (Å²) in [7, 11) is 0. The number of hydrogen-bond acceptors (Lipinski definition) is 6. The number of alkyl halides is 3. The van der Waals surface area contributed by atoms with Gasteiger partial charge in [-0.2, -0.15) is 13.2 Å². The molecule has 0 radical (unpaired) electrons. The Kier molecular flexibility index (Phi) is 4.73. The number of rotatable bonds is 4. The molecule has 120 valence electrons. The molecule has 0 N–H and O–H groups in total. The zero-order valence-corrected chi connectivity index (χ0v) is 14.0. The molecule has 4 nitrogen and oxygen atoms in total. The monoisotopic (exact) mass is 368 g/mol. The lowest BCUT2D eigenvalue weighted by Gasteiger charge is -2.22. The number of hydrogen-bond donors (Lipinski definition) is 0. The quantitative estimate of drug-likeness (QED) is 0.408. The molecule has 0 aliphatic carbocycles. The van der Waals surface area contributed by atoms with Gasteiger partial charge in [0.05, 0.1) is 19.9 Å². The fourth-order valence-electron chi connectivity index (χ4n) is 2.20. The number of nitrogens with zero attached hydrogens (tertiary/aromatic N) is 2. The third-order valence-electron chi connectivity index (χ3n) is 3.14. The summed E-state index contributed by atoms with van der Waals surface area (Å²) in [6, 6.07) is 0.619. The molecule has 0 saturated heterocycles. The van der Waals surface area contributed by atoms with Crippen LogP contribution in [0.15, 0.2) is 6.07 Å². The van der Waals surface area contributed by atoms with Gasteiger partial charge in [0.15, 0.2) is 0 Å². The second-order valence-corrected chi connectivity index (χ2v) is 7.56. The van der Waals surface area contributed by atoms with Crippen LogP contribution in [0.1, 0.15) is 19.4 Å². The number of anilines is 1. The molecule has 1 aromatic carbocycles. The number of benzene rings is 1. The van der Waals surface area contributed by atoms with Crippen LogP contribution in [-0.4, -0.2) is 18.0 Å². The Morgan fingerprint density at radius 1 is 1.27 bits per heavy atom. The van der Waals surface area contributed by atoms with E-state index in [0.717, 1.165) is 22.7 Å². The van der Waals surface area contributed by atoms with Crippen LogP contribution in [0.25, 0.3) is 9.40 Å². The summed E-state index contributed by atoms with van der Waals surface area (Å²) in [4.78, 5) is 12.2. The molecular weight excluding hydrogens is 357 g/mol. The van der Waals surface area contributed by atoms with E-state index in [9.17, 15) is 23.3 Å². The SMILES string of the molecule is CCN(CC)c1c([N+](=O)[O-])cc(C(F)(F)F)c2sc(=S)sc12. The number of nitro groups is 1. The van der Waals surface area contributed by atoms with Crippen molar-refractivity contribution >= 4 is 55.7 Å². The Morgan fingerprint density at radius 3 is 2.27 bits per heavy atom. The molecule has 2 aromatic rings. The molecule has 10 heteroatoms. The van der Waals surface area contributed by atoms with E-state index in [1.165, 1.54) is 0 Å². The lowest BCUT2D eigenvalue weighted by atomic mass is 10.1. The van der Waals surface area contributed by atoms with Crippen molar-refractivity contribution in [3.63, 3.8) is 0 Å². The van der Waals surface area contributed by atoms with Gasteiger partial charge in [0.25, 0.3) is 5.69 Å². The molecule has 0 unspecified atom stereocenters. The number of fused-ring (bicyclic) bond motifs is 1. The minimum Gasteiger partial charge on any atom is -0.365 e. The average molecular weight is 368 g/mol. The first-order valence-electron chi connectivity index (χ1n) is 6.27. The fourth-order valence-corrected chi connectivity index (χ4v) is 4.95. The van der Waals surface area contributed by atoms with Gasteiger partial charge in [0.1, 0.15) is 8.82 Å². The summed E-state index contributed by atoms with van der Waals surface area (Å²) >= 11 is 6.83. The molecule has 0 aliphatic rings. The number of nitro benzene ring substituents is 1. The first kappa shape index (κ1) is 17.1. The van der Waals surface area contributed by atoms with Crippen molar-refractivity contribution in [2.75, 3.05) is 18.0 Å². The summed E-state index contributed by atoms with van der Waals surface area (Å²) in [5.74, 6) is 0. The molecule has 0 spiro atoms. The van der Waals surface area contributed by atoms with Crippen LogP contribution >= 0.6 is 34.9 Å². The highest BCUT2D eigenvalue weighted by Gasteiger charge is 2.38. The lowest BCUT2D eigenvalue weighted by molar-refractivity contribution is -0.384. The van der Waals surface area contributed by atoms with Gasteiger partial charge in [-0.3, -0.25) is 10.1 Å². The van der Waals surface area contributed by atoms with Gasteiger partial charge in [-0.15, -0.1) is 22.7 Å². The van der Waals surface area contributed by atoms with Gasteiger partial charge in [-0.25, -0.2) is 0 Å². The molecule has 0 atom stereocenters. The Labute approximate surface area is 136 Å². The van der Waals surface area contributed by atoms with Crippen molar-refractivity contribution in [2.45, 2.75) is 20.0 Å². The summed E-state index contributed by atoms with van der Waals surface area (Å²) in [6.45, 7) is 4.49. The van der Waals surface area contributed by atoms with Gasteiger partial charge >= 0.3 is 6.18 Å². The smallest absolute Gasteiger partial charge is 0.365 e. The second-order valence-electron chi connectivity index (χ2n) is 4.33. The van der Waals surface area contributed by atoms with Crippen LogP contribution < -0.4 is 4.90 Å². The van der Waals surface area contributed by atoms with E-state index in [1.54, 1.807) is 18.7 Å². The predicted molar refractivity (Wildman–Crippen MR) is 85.8 cm³/mol. The van der Waals surface area contributed by atoms with E-state index < -0.39 is 22.4 Å². The molecule has 1 aromatic heterocycles. The normalized spacial score (nSPS) is 11.9. The topological polar surface area (TPSA) is 46.4 Å². The molecule has 1 heterocycles. The molecule has 0 amide bonds. The van der Waals surface area contributed by atoms with Crippen molar-refractivity contribution in [1.29, 1.82) is 0 Å². The first-order chi connectivity index (χ1) is 10.2. The Morgan fingerprint density at radius 2 is 1.82 bits per heavy atom. The van der Waals surface area contributed by atoms with E-state index in [4.69, 9.17) is 12.2 Å². The highest BCUT2D eigenvalue weighted by Crippen LogP contribution is 2.48. The van der Waals surface area contributed by atoms with Gasteiger partial charge in [-0.1, -0.05) is 12.2 Å². The van der Waals surface area contributed by atoms with Crippen LogP contribution in [0, 0.1) is 13.3 Å². The third-order valence-corrected chi connectivity index (χ3v) is 5.83. The van der Waals surface area contributed by atoms with E-state index in [0.29, 0.717) is 22.3 Å². The zero-order chi connectivity index (χ0) is 16.7. The Balaban J connectivity index is 2.97. The largest absolute Gasteiger partial charge is 0.418 e. The van der Waals surface area contributed by atoms with E-state index in [1.807, 2.05) is 0 Å². The Hall–Kier alpha value is -1.26. The predicted octanol–water partition coefficient (Wildman–Crippen LogP) is 5.47. The van der Waals surface area contributed by atoms with Crippen LogP contribution in [0.3, 0.4) is 0 Å². The molecule has 0 saturated carbocycles. The van der Waals surface area contributed by atoms with Crippen molar-refractivity contribution in [3.8, 4) is 0 Å². The van der Waals surface area contributed by atoms with E-state index in [2.05, 4.69) is 0 Å². The molecule has 0 fully saturated rings. The molecule has 0 bridgehead atoms. The molecule has 22 heavy (non-hydrogen) atoms. The van der Waals surface area contributed by atoms with Gasteiger partial charge in [-0.05, 0) is 13.8 Å². The average Bonchev–Trinajstić information content (AvgIpc) is 2.79. The van der Waals surface area contributed by atoms with Gasteiger partial charge in [0.2, 0.25) is 0 Å². The second kappa shape index (κ2) is 6.09. The highest BCUT2D eigenvalue weighted by molar-refractivity contribution is 7.77. The molecule has 2 rings (SSSR count). The van der Waals surface area contributed by atoms with Gasteiger partial charge in [0, 0.05) is 19.2 Å². The zero-order valence-electron chi connectivity index (χ0n) is 11.6. The third kappa shape index (κ3) is 2.95. The van der Waals surface area contributed by atoms with E-state index >= 15 is 0 Å². The minimum atomic E-state index is -4.66.